The van der Waals surface area contributed by atoms with Crippen LogP contribution >= 0.6 is 0 Å². The maximum absolute atomic E-state index is 10.8. The molecule has 0 aromatic carbocycles. The van der Waals surface area contributed by atoms with Crippen molar-refractivity contribution in [3.05, 3.63) is 0 Å². The van der Waals surface area contributed by atoms with Crippen molar-refractivity contribution in [2.24, 2.45) is 0 Å². The van der Waals surface area contributed by atoms with Gasteiger partial charge in [-0.05, 0) is 6.92 Å². The quantitative estimate of drug-likeness (QED) is 0.400. The maximum atomic E-state index is 10.8. The average molecular weight is 236 g/mol. The number of hydrogen-bond donors (Lipinski definition) is 4. The second-order valence-electron chi connectivity index (χ2n) is 3.90. The summed E-state index contributed by atoms with van der Waals surface area (Å²) < 4.78 is 9.61. The average Bonchev–Trinajstić information content (AvgIpc) is 2.18. The van der Waals surface area contributed by atoms with Crippen LogP contribution in [0.5, 0.6) is 0 Å². The summed E-state index contributed by atoms with van der Waals surface area (Å²) >= 11 is 0. The molecule has 0 radical (unpaired) electrons. The van der Waals surface area contributed by atoms with Crippen molar-refractivity contribution in [1.29, 1.82) is 0 Å². The predicted molar refractivity (Wildman–Crippen MR) is 50.2 cm³/mol. The van der Waals surface area contributed by atoms with Crippen molar-refractivity contribution < 1.29 is 34.7 Å². The predicted octanol–water partition coefficient (Wildman–Crippen LogP) is -2.26. The Hall–Kier alpha value is -0.730. The number of rotatable bonds is 2. The molecule has 94 valence electrons. The van der Waals surface area contributed by atoms with Crippen LogP contribution in [-0.4, -0.2) is 63.2 Å². The van der Waals surface area contributed by atoms with Crippen molar-refractivity contribution in [3.8, 4) is 0 Å². The van der Waals surface area contributed by atoms with Crippen LogP contribution in [0, 0.1) is 0 Å². The minimum Gasteiger partial charge on any atom is -0.454 e. The van der Waals surface area contributed by atoms with Gasteiger partial charge in [0.05, 0.1) is 6.61 Å². The molecule has 1 saturated heterocycles. The van der Waals surface area contributed by atoms with Gasteiger partial charge in [0, 0.05) is 6.92 Å². The third-order valence-corrected chi connectivity index (χ3v) is 2.43. The second-order valence-corrected chi connectivity index (χ2v) is 3.90. The number of carbonyl (C=O) groups is 1. The molecule has 7 nitrogen and oxygen atoms in total. The summed E-state index contributed by atoms with van der Waals surface area (Å²) in [7, 11) is 0. The zero-order valence-electron chi connectivity index (χ0n) is 9.03. The molecule has 1 heterocycles. The third-order valence-electron chi connectivity index (χ3n) is 2.43. The van der Waals surface area contributed by atoms with E-state index in [1.54, 1.807) is 0 Å². The summed E-state index contributed by atoms with van der Waals surface area (Å²) in [4.78, 5) is 10.8. The fourth-order valence-electron chi connectivity index (χ4n) is 1.66. The molecular weight excluding hydrogens is 220 g/mol. The SMILES string of the molecule is CC(=O)O[C@@H]1[C@@H](O)[C@H](O)[C@@H](CO)O[C@@]1(C)O. The highest BCUT2D eigenvalue weighted by Gasteiger charge is 2.52. The van der Waals surface area contributed by atoms with Gasteiger partial charge >= 0.3 is 5.97 Å². The fourth-order valence-corrected chi connectivity index (χ4v) is 1.66. The van der Waals surface area contributed by atoms with E-state index in [0.717, 1.165) is 6.92 Å². The van der Waals surface area contributed by atoms with Crippen molar-refractivity contribution >= 4 is 5.97 Å². The van der Waals surface area contributed by atoms with Crippen molar-refractivity contribution in [2.75, 3.05) is 6.61 Å². The van der Waals surface area contributed by atoms with Gasteiger partial charge in [0.15, 0.2) is 6.10 Å². The van der Waals surface area contributed by atoms with Gasteiger partial charge in [0.2, 0.25) is 5.79 Å². The lowest BCUT2D eigenvalue weighted by molar-refractivity contribution is -0.342. The third kappa shape index (κ3) is 2.50. The summed E-state index contributed by atoms with van der Waals surface area (Å²) in [6.45, 7) is 1.72. The van der Waals surface area contributed by atoms with Crippen LogP contribution in [0.3, 0.4) is 0 Å². The summed E-state index contributed by atoms with van der Waals surface area (Å²) in [5, 5.41) is 37.8. The molecule has 0 bridgehead atoms. The zero-order valence-corrected chi connectivity index (χ0v) is 9.03. The van der Waals surface area contributed by atoms with Crippen LogP contribution in [-0.2, 0) is 14.3 Å². The molecule has 4 N–H and O–H groups in total. The first-order valence-corrected chi connectivity index (χ1v) is 4.84. The molecule has 5 atom stereocenters. The number of hydrogen-bond acceptors (Lipinski definition) is 7. The second kappa shape index (κ2) is 4.64. The Labute approximate surface area is 92.2 Å². The highest BCUT2D eigenvalue weighted by atomic mass is 16.7. The van der Waals surface area contributed by atoms with E-state index in [-0.39, 0.29) is 0 Å². The van der Waals surface area contributed by atoms with Gasteiger partial charge in [-0.2, -0.15) is 0 Å². The molecule has 1 aliphatic heterocycles. The highest BCUT2D eigenvalue weighted by molar-refractivity contribution is 5.66. The van der Waals surface area contributed by atoms with E-state index in [4.69, 9.17) is 9.84 Å². The van der Waals surface area contributed by atoms with Gasteiger partial charge in [-0.25, -0.2) is 0 Å². The first-order chi connectivity index (χ1) is 7.29. The minimum absolute atomic E-state index is 0.568. The largest absolute Gasteiger partial charge is 0.454 e. The normalized spacial score (nSPS) is 44.1. The molecular formula is C9H16O7. The van der Waals surface area contributed by atoms with Crippen LogP contribution in [0.15, 0.2) is 0 Å². The molecule has 0 unspecified atom stereocenters. The van der Waals surface area contributed by atoms with E-state index in [1.807, 2.05) is 0 Å². The Morgan fingerprint density at radius 3 is 2.44 bits per heavy atom. The van der Waals surface area contributed by atoms with Gasteiger partial charge in [-0.15, -0.1) is 0 Å². The van der Waals surface area contributed by atoms with Gasteiger partial charge in [-0.3, -0.25) is 4.79 Å². The van der Waals surface area contributed by atoms with E-state index in [2.05, 4.69) is 4.74 Å². The van der Waals surface area contributed by atoms with Crippen molar-refractivity contribution in [2.45, 2.75) is 44.1 Å². The first-order valence-electron chi connectivity index (χ1n) is 4.84. The standard InChI is InChI=1S/C9H16O7/c1-4(11)15-8-7(13)6(12)5(3-10)16-9(8,2)14/h5-8,10,12-14H,3H2,1-2H3/t5-,6-,7+,8-,9-/m1/s1. The topological polar surface area (TPSA) is 116 Å². The summed E-state index contributed by atoms with van der Waals surface area (Å²) in [6, 6.07) is 0. The minimum atomic E-state index is -1.96. The van der Waals surface area contributed by atoms with E-state index < -0.39 is 42.8 Å². The molecule has 1 fully saturated rings. The molecule has 0 spiro atoms. The van der Waals surface area contributed by atoms with Crippen LogP contribution in [0.4, 0.5) is 0 Å². The molecule has 0 aliphatic carbocycles. The summed E-state index contributed by atoms with van der Waals surface area (Å²) in [5.41, 5.74) is 0. The molecule has 1 aliphatic rings. The number of esters is 1. The molecule has 0 saturated carbocycles. The van der Waals surface area contributed by atoms with E-state index in [9.17, 15) is 20.1 Å². The lowest BCUT2D eigenvalue weighted by Crippen LogP contribution is -2.65. The summed E-state index contributed by atoms with van der Waals surface area (Å²) in [6.07, 6.45) is -5.49. The van der Waals surface area contributed by atoms with Crippen LogP contribution in [0.1, 0.15) is 13.8 Å². The van der Waals surface area contributed by atoms with E-state index in [1.165, 1.54) is 6.92 Å². The van der Waals surface area contributed by atoms with Gasteiger partial charge < -0.3 is 29.9 Å². The van der Waals surface area contributed by atoms with Gasteiger partial charge in [0.25, 0.3) is 0 Å². The monoisotopic (exact) mass is 236 g/mol. The Morgan fingerprint density at radius 2 is 2.00 bits per heavy atom. The number of carbonyl (C=O) groups excluding carboxylic acids is 1. The first kappa shape index (κ1) is 13.3. The van der Waals surface area contributed by atoms with Gasteiger partial charge in [-0.1, -0.05) is 0 Å². The van der Waals surface area contributed by atoms with E-state index in [0.29, 0.717) is 0 Å². The molecule has 7 heteroatoms. The molecule has 0 amide bonds. The zero-order chi connectivity index (χ0) is 12.5. The molecule has 0 aromatic rings. The number of aliphatic hydroxyl groups is 4. The molecule has 0 aromatic heterocycles. The van der Waals surface area contributed by atoms with Crippen LogP contribution in [0.25, 0.3) is 0 Å². The number of aliphatic hydroxyl groups excluding tert-OH is 3. The van der Waals surface area contributed by atoms with Crippen molar-refractivity contribution in [3.63, 3.8) is 0 Å². The molecule has 1 rings (SSSR count). The van der Waals surface area contributed by atoms with E-state index >= 15 is 0 Å². The maximum Gasteiger partial charge on any atom is 0.303 e. The number of ether oxygens (including phenoxy) is 2. The van der Waals surface area contributed by atoms with Crippen molar-refractivity contribution in [1.82, 2.24) is 0 Å². The highest BCUT2D eigenvalue weighted by Crippen LogP contribution is 2.29. The Balaban J connectivity index is 2.87. The fraction of sp³-hybridized carbons (Fsp3) is 0.889. The van der Waals surface area contributed by atoms with Crippen LogP contribution in [0.2, 0.25) is 0 Å². The van der Waals surface area contributed by atoms with Gasteiger partial charge in [0.1, 0.15) is 18.3 Å². The molecule has 16 heavy (non-hydrogen) atoms. The Morgan fingerprint density at radius 1 is 1.44 bits per heavy atom. The Bertz CT molecular complexity index is 265. The smallest absolute Gasteiger partial charge is 0.303 e. The lowest BCUT2D eigenvalue weighted by Gasteiger charge is -2.44. The summed E-state index contributed by atoms with van der Waals surface area (Å²) in [5.74, 6) is -2.68. The van der Waals surface area contributed by atoms with Crippen LogP contribution < -0.4 is 0 Å². The lowest BCUT2D eigenvalue weighted by atomic mass is 9.93. The Kier molecular flexibility index (Phi) is 3.87.